The Bertz CT molecular complexity index is 1290. The summed E-state index contributed by atoms with van der Waals surface area (Å²) >= 11 is 0. The molecule has 0 rings (SSSR count). The summed E-state index contributed by atoms with van der Waals surface area (Å²) in [4.78, 5) is 37.9. The molecule has 0 heterocycles. The van der Waals surface area contributed by atoms with Gasteiger partial charge in [-0.25, -0.2) is 0 Å². The van der Waals surface area contributed by atoms with Crippen LogP contribution < -0.4 is 0 Å². The number of allylic oxidation sites excluding steroid dienone is 18. The molecule has 0 N–H and O–H groups in total. The summed E-state index contributed by atoms with van der Waals surface area (Å²) in [7, 11) is 0. The Hall–Kier alpha value is -3.93. The van der Waals surface area contributed by atoms with E-state index in [4.69, 9.17) is 14.2 Å². The molecule has 0 fully saturated rings. The molecule has 0 saturated carbocycles. The van der Waals surface area contributed by atoms with Crippen LogP contribution in [0.1, 0.15) is 201 Å². The molecule has 344 valence electrons. The monoisotopic (exact) mass is 845 g/mol. The van der Waals surface area contributed by atoms with Crippen LogP contribution in [0.2, 0.25) is 0 Å². The number of carbonyl (C=O) groups is 3. The summed E-state index contributed by atoms with van der Waals surface area (Å²) in [5.74, 6) is -0.967. The van der Waals surface area contributed by atoms with E-state index in [1.54, 1.807) is 0 Å². The van der Waals surface area contributed by atoms with Crippen molar-refractivity contribution in [2.24, 2.45) is 0 Å². The molecule has 6 heteroatoms. The smallest absolute Gasteiger partial charge is 0.306 e. The van der Waals surface area contributed by atoms with Crippen molar-refractivity contribution in [2.75, 3.05) is 13.2 Å². The first-order valence-electron chi connectivity index (χ1n) is 24.4. The van der Waals surface area contributed by atoms with Crippen molar-refractivity contribution in [3.05, 3.63) is 109 Å². The molecule has 6 nitrogen and oxygen atoms in total. The van der Waals surface area contributed by atoms with Crippen molar-refractivity contribution in [2.45, 2.75) is 207 Å². The van der Waals surface area contributed by atoms with Crippen LogP contribution in [0, 0.1) is 0 Å². The maximum absolute atomic E-state index is 12.8. The summed E-state index contributed by atoms with van der Waals surface area (Å²) in [6.45, 7) is 6.21. The highest BCUT2D eigenvalue weighted by atomic mass is 16.6. The van der Waals surface area contributed by atoms with Gasteiger partial charge in [0.05, 0.1) is 0 Å². The van der Waals surface area contributed by atoms with Crippen molar-refractivity contribution >= 4 is 17.9 Å². The molecular weight excluding hydrogens is 757 g/mol. The standard InChI is InChI=1S/C55H88O6/c1-4-7-10-13-16-19-22-25-27-28-31-33-36-39-42-45-48-54(57)60-51-52(50-59-53(56)47-44-41-38-35-32-29-24-21-18-15-12-9-6-3)61-55(58)49-46-43-40-37-34-30-26-23-20-17-14-11-8-5-2/h7-12,15-21,24-27,30,52H,4-6,13-14,22-23,28-29,31-51H2,1-3H3/b10-7-,11-8-,12-9-,18-15-,19-16-,20-17-,24-21-,27-25-,30-26-. The molecule has 61 heavy (non-hydrogen) atoms. The van der Waals surface area contributed by atoms with E-state index in [9.17, 15) is 14.4 Å². The third-order valence-electron chi connectivity index (χ3n) is 9.81. The summed E-state index contributed by atoms with van der Waals surface area (Å²) in [6, 6.07) is 0. The van der Waals surface area contributed by atoms with Gasteiger partial charge >= 0.3 is 17.9 Å². The molecule has 0 aromatic heterocycles. The average molecular weight is 845 g/mol. The Labute approximate surface area is 374 Å². The van der Waals surface area contributed by atoms with Gasteiger partial charge in [-0.1, -0.05) is 188 Å². The summed E-state index contributed by atoms with van der Waals surface area (Å²) < 4.78 is 16.7. The quantitative estimate of drug-likeness (QED) is 0.0200. The van der Waals surface area contributed by atoms with Crippen LogP contribution in [0.4, 0.5) is 0 Å². The van der Waals surface area contributed by atoms with Crippen LogP contribution in [0.5, 0.6) is 0 Å². The van der Waals surface area contributed by atoms with Crippen LogP contribution in [-0.2, 0) is 28.6 Å². The molecule has 0 aliphatic rings. The Morgan fingerprint density at radius 2 is 0.672 bits per heavy atom. The van der Waals surface area contributed by atoms with E-state index in [-0.39, 0.29) is 31.1 Å². The van der Waals surface area contributed by atoms with E-state index in [0.29, 0.717) is 19.3 Å². The highest BCUT2D eigenvalue weighted by molar-refractivity contribution is 5.71. The van der Waals surface area contributed by atoms with Gasteiger partial charge in [-0.3, -0.25) is 14.4 Å². The molecule has 0 aromatic rings. The van der Waals surface area contributed by atoms with E-state index in [0.717, 1.165) is 148 Å². The zero-order valence-corrected chi connectivity index (χ0v) is 39.1. The Morgan fingerprint density at radius 1 is 0.344 bits per heavy atom. The summed E-state index contributed by atoms with van der Waals surface area (Å²) in [5.41, 5.74) is 0. The first kappa shape index (κ1) is 57.1. The molecule has 0 amide bonds. The number of ether oxygens (including phenoxy) is 3. The lowest BCUT2D eigenvalue weighted by Gasteiger charge is -2.18. The van der Waals surface area contributed by atoms with Crippen molar-refractivity contribution in [3.8, 4) is 0 Å². The van der Waals surface area contributed by atoms with Gasteiger partial charge in [0, 0.05) is 19.3 Å². The molecule has 0 aromatic carbocycles. The Kier molecular flexibility index (Phi) is 45.6. The zero-order valence-electron chi connectivity index (χ0n) is 39.1. The lowest BCUT2D eigenvalue weighted by molar-refractivity contribution is -0.167. The van der Waals surface area contributed by atoms with E-state index in [1.165, 1.54) is 12.8 Å². The maximum atomic E-state index is 12.8. The second kappa shape index (κ2) is 48.7. The minimum atomic E-state index is -0.805. The third kappa shape index (κ3) is 47.0. The van der Waals surface area contributed by atoms with Crippen LogP contribution in [0.15, 0.2) is 109 Å². The van der Waals surface area contributed by atoms with E-state index >= 15 is 0 Å². The highest BCUT2D eigenvalue weighted by Crippen LogP contribution is 2.13. The Balaban J connectivity index is 4.49. The van der Waals surface area contributed by atoms with Crippen LogP contribution in [0.25, 0.3) is 0 Å². The lowest BCUT2D eigenvalue weighted by atomic mass is 10.1. The molecule has 0 saturated heterocycles. The van der Waals surface area contributed by atoms with Crippen LogP contribution >= 0.6 is 0 Å². The second-order valence-electron chi connectivity index (χ2n) is 15.6. The van der Waals surface area contributed by atoms with Crippen molar-refractivity contribution < 1.29 is 28.6 Å². The van der Waals surface area contributed by atoms with Gasteiger partial charge in [0.1, 0.15) is 13.2 Å². The fourth-order valence-electron chi connectivity index (χ4n) is 6.23. The molecule has 0 aliphatic carbocycles. The first-order valence-corrected chi connectivity index (χ1v) is 24.4. The zero-order chi connectivity index (χ0) is 44.4. The Morgan fingerprint density at radius 3 is 1.10 bits per heavy atom. The molecular formula is C55H88O6. The summed E-state index contributed by atoms with van der Waals surface area (Å²) in [6.07, 6.45) is 65.0. The summed E-state index contributed by atoms with van der Waals surface area (Å²) in [5, 5.41) is 0. The number of carbonyl (C=O) groups excluding carboxylic acids is 3. The predicted octanol–water partition coefficient (Wildman–Crippen LogP) is 16.0. The van der Waals surface area contributed by atoms with E-state index in [2.05, 4.69) is 130 Å². The maximum Gasteiger partial charge on any atom is 0.306 e. The number of esters is 3. The number of unbranched alkanes of at least 4 members (excludes halogenated alkanes) is 15. The normalized spacial score (nSPS) is 13.0. The number of hydrogen-bond acceptors (Lipinski definition) is 6. The second-order valence-corrected chi connectivity index (χ2v) is 15.6. The molecule has 0 bridgehead atoms. The third-order valence-corrected chi connectivity index (χ3v) is 9.81. The van der Waals surface area contributed by atoms with E-state index in [1.807, 2.05) is 0 Å². The van der Waals surface area contributed by atoms with Crippen molar-refractivity contribution in [3.63, 3.8) is 0 Å². The van der Waals surface area contributed by atoms with Crippen LogP contribution in [0.3, 0.4) is 0 Å². The van der Waals surface area contributed by atoms with Gasteiger partial charge in [-0.05, 0) is 103 Å². The molecule has 1 atom stereocenters. The molecule has 1 unspecified atom stereocenters. The van der Waals surface area contributed by atoms with Gasteiger partial charge in [0.2, 0.25) is 0 Å². The molecule has 0 aliphatic heterocycles. The van der Waals surface area contributed by atoms with E-state index < -0.39 is 6.10 Å². The van der Waals surface area contributed by atoms with Gasteiger partial charge in [-0.15, -0.1) is 0 Å². The van der Waals surface area contributed by atoms with Gasteiger partial charge in [0.25, 0.3) is 0 Å². The fraction of sp³-hybridized carbons (Fsp3) is 0.618. The average Bonchev–Trinajstić information content (AvgIpc) is 3.26. The fourth-order valence-corrected chi connectivity index (χ4v) is 6.23. The molecule has 0 spiro atoms. The minimum absolute atomic E-state index is 0.103. The SMILES string of the molecule is CC\C=C/C=C\C=C/CCCCCCCC(=O)OCC(COC(=O)CCCCCCCC/C=C\C/C=C\C/C=C\CC)OC(=O)CCCCCC/C=C\C/C=C\C/C=C\CC. The molecule has 0 radical (unpaired) electrons. The van der Waals surface area contributed by atoms with Crippen molar-refractivity contribution in [1.29, 1.82) is 0 Å². The number of hydrogen-bond donors (Lipinski definition) is 0. The predicted molar refractivity (Wildman–Crippen MR) is 260 cm³/mol. The van der Waals surface area contributed by atoms with Crippen LogP contribution in [-0.4, -0.2) is 37.2 Å². The van der Waals surface area contributed by atoms with Crippen molar-refractivity contribution in [1.82, 2.24) is 0 Å². The largest absolute Gasteiger partial charge is 0.462 e. The first-order chi connectivity index (χ1) is 30.0. The lowest BCUT2D eigenvalue weighted by Crippen LogP contribution is -2.30. The highest BCUT2D eigenvalue weighted by Gasteiger charge is 2.19. The van der Waals surface area contributed by atoms with Gasteiger partial charge in [-0.2, -0.15) is 0 Å². The van der Waals surface area contributed by atoms with Gasteiger partial charge < -0.3 is 14.2 Å². The topological polar surface area (TPSA) is 78.9 Å². The minimum Gasteiger partial charge on any atom is -0.462 e. The van der Waals surface area contributed by atoms with Gasteiger partial charge in [0.15, 0.2) is 6.10 Å². The number of rotatable bonds is 42.